The molecule has 2 aromatic rings. The smallest absolute Gasteiger partial charge is 0.396 e. The second kappa shape index (κ2) is 5.99. The Labute approximate surface area is 120 Å². The van der Waals surface area contributed by atoms with Crippen molar-refractivity contribution in [3.63, 3.8) is 0 Å². The van der Waals surface area contributed by atoms with Crippen LogP contribution < -0.4 is 10.6 Å². The predicted octanol–water partition coefficient (Wildman–Crippen LogP) is 2.76. The molecule has 0 unspecified atom stereocenters. The number of rotatable bonds is 4. The van der Waals surface area contributed by atoms with Crippen LogP contribution >= 0.6 is 0 Å². The maximum atomic E-state index is 12.6. The van der Waals surface area contributed by atoms with E-state index in [0.29, 0.717) is 12.4 Å². The van der Waals surface area contributed by atoms with Gasteiger partial charge in [0.1, 0.15) is 0 Å². The van der Waals surface area contributed by atoms with E-state index in [1.54, 1.807) is 24.3 Å². The van der Waals surface area contributed by atoms with E-state index in [0.717, 1.165) is 24.2 Å². The third-order valence-electron chi connectivity index (χ3n) is 3.07. The van der Waals surface area contributed by atoms with Gasteiger partial charge in [0.05, 0.1) is 11.3 Å². The molecule has 0 aliphatic carbocycles. The molecule has 2 N–H and O–H groups in total. The first kappa shape index (κ1) is 15.1. The number of nitrogen functional groups attached to an aromatic ring is 1. The molecular formula is C14H15F3N4. The molecule has 0 spiro atoms. The molecule has 4 nitrogen and oxygen atoms in total. The number of pyridine rings is 2. The standard InChI is InChI=1S/C14H15F3N4/c1-21(7-4-10-2-5-19-6-3-10)13-12(18)8-11(9-20-13)14(15,16)17/h2-3,5-6,8-9H,4,7,18H2,1H3. The normalized spacial score (nSPS) is 11.4. The van der Waals surface area contributed by atoms with Gasteiger partial charge >= 0.3 is 6.18 Å². The number of alkyl halides is 3. The zero-order valence-electron chi connectivity index (χ0n) is 11.4. The lowest BCUT2D eigenvalue weighted by Crippen LogP contribution is -2.23. The quantitative estimate of drug-likeness (QED) is 0.942. The van der Waals surface area contributed by atoms with Crippen molar-refractivity contribution in [3.05, 3.63) is 47.9 Å². The Morgan fingerprint density at radius 1 is 1.24 bits per heavy atom. The minimum Gasteiger partial charge on any atom is -0.396 e. The van der Waals surface area contributed by atoms with Gasteiger partial charge in [-0.2, -0.15) is 13.2 Å². The summed E-state index contributed by atoms with van der Waals surface area (Å²) in [5.74, 6) is 0.344. The molecule has 112 valence electrons. The van der Waals surface area contributed by atoms with Crippen molar-refractivity contribution in [2.75, 3.05) is 24.2 Å². The lowest BCUT2D eigenvalue weighted by atomic mass is 10.2. The largest absolute Gasteiger partial charge is 0.417 e. The van der Waals surface area contributed by atoms with E-state index in [-0.39, 0.29) is 5.69 Å². The van der Waals surface area contributed by atoms with Crippen molar-refractivity contribution >= 4 is 11.5 Å². The van der Waals surface area contributed by atoms with Gasteiger partial charge in [0.25, 0.3) is 0 Å². The van der Waals surface area contributed by atoms with Crippen LogP contribution in [0.3, 0.4) is 0 Å². The van der Waals surface area contributed by atoms with Crippen molar-refractivity contribution < 1.29 is 13.2 Å². The number of anilines is 2. The van der Waals surface area contributed by atoms with Gasteiger partial charge in [-0.1, -0.05) is 0 Å². The topological polar surface area (TPSA) is 55.0 Å². The lowest BCUT2D eigenvalue weighted by Gasteiger charge is -2.20. The first-order valence-electron chi connectivity index (χ1n) is 6.30. The van der Waals surface area contributed by atoms with Crippen molar-refractivity contribution in [3.8, 4) is 0 Å². The van der Waals surface area contributed by atoms with E-state index >= 15 is 0 Å². The monoisotopic (exact) mass is 296 g/mol. The first-order chi connectivity index (χ1) is 9.88. The highest BCUT2D eigenvalue weighted by Crippen LogP contribution is 2.32. The second-order valence-electron chi connectivity index (χ2n) is 4.66. The molecule has 0 aliphatic heterocycles. The van der Waals surface area contributed by atoms with Gasteiger partial charge in [0.2, 0.25) is 0 Å². The average molecular weight is 296 g/mol. The molecule has 0 saturated heterocycles. The fourth-order valence-electron chi connectivity index (χ4n) is 1.90. The molecule has 0 bridgehead atoms. The molecule has 7 heteroatoms. The number of nitrogens with zero attached hydrogens (tertiary/aromatic N) is 3. The van der Waals surface area contributed by atoms with Gasteiger partial charge in [-0.15, -0.1) is 0 Å². The average Bonchev–Trinajstić information content (AvgIpc) is 2.45. The zero-order valence-corrected chi connectivity index (χ0v) is 11.4. The van der Waals surface area contributed by atoms with Gasteiger partial charge in [-0.25, -0.2) is 4.98 Å². The van der Waals surface area contributed by atoms with Crippen LogP contribution in [0.15, 0.2) is 36.8 Å². The molecule has 0 fully saturated rings. The van der Waals surface area contributed by atoms with Gasteiger partial charge in [0, 0.05) is 32.2 Å². The van der Waals surface area contributed by atoms with Crippen molar-refractivity contribution in [1.29, 1.82) is 0 Å². The first-order valence-corrected chi connectivity index (χ1v) is 6.30. The van der Waals surface area contributed by atoms with E-state index < -0.39 is 11.7 Å². The molecule has 2 heterocycles. The highest BCUT2D eigenvalue weighted by Gasteiger charge is 2.31. The molecular weight excluding hydrogens is 281 g/mol. The SMILES string of the molecule is CN(CCc1ccncc1)c1ncc(C(F)(F)F)cc1N. The van der Waals surface area contributed by atoms with E-state index in [4.69, 9.17) is 5.73 Å². The minimum absolute atomic E-state index is 0.0158. The highest BCUT2D eigenvalue weighted by molar-refractivity contribution is 5.63. The zero-order chi connectivity index (χ0) is 15.5. The van der Waals surface area contributed by atoms with Gasteiger partial charge < -0.3 is 10.6 Å². The lowest BCUT2D eigenvalue weighted by molar-refractivity contribution is -0.137. The van der Waals surface area contributed by atoms with E-state index in [1.807, 2.05) is 12.1 Å². The molecule has 0 radical (unpaired) electrons. The Hall–Kier alpha value is -2.31. The number of likely N-dealkylation sites (N-methyl/N-ethyl adjacent to an activating group) is 1. The van der Waals surface area contributed by atoms with Crippen LogP contribution in [0.25, 0.3) is 0 Å². The maximum Gasteiger partial charge on any atom is 0.417 e. The molecule has 21 heavy (non-hydrogen) atoms. The summed E-state index contributed by atoms with van der Waals surface area (Å²) in [7, 11) is 1.74. The molecule has 0 amide bonds. The summed E-state index contributed by atoms with van der Waals surface area (Å²) in [6, 6.07) is 4.68. The molecule has 2 rings (SSSR count). The summed E-state index contributed by atoms with van der Waals surface area (Å²) in [6.45, 7) is 0.590. The molecule has 0 aromatic carbocycles. The van der Waals surface area contributed by atoms with Crippen molar-refractivity contribution in [1.82, 2.24) is 9.97 Å². The van der Waals surface area contributed by atoms with Crippen LogP contribution in [0.2, 0.25) is 0 Å². The van der Waals surface area contributed by atoms with E-state index in [9.17, 15) is 13.2 Å². The van der Waals surface area contributed by atoms with Crippen LogP contribution in [0.1, 0.15) is 11.1 Å². The Bertz CT molecular complexity index is 599. The predicted molar refractivity (Wildman–Crippen MR) is 74.9 cm³/mol. The minimum atomic E-state index is -4.44. The number of nitrogens with two attached hydrogens (primary N) is 1. The van der Waals surface area contributed by atoms with Crippen LogP contribution in [0.4, 0.5) is 24.7 Å². The van der Waals surface area contributed by atoms with Crippen molar-refractivity contribution in [2.24, 2.45) is 0 Å². The van der Waals surface area contributed by atoms with Crippen LogP contribution in [-0.4, -0.2) is 23.6 Å². The fourth-order valence-corrected chi connectivity index (χ4v) is 1.90. The number of halogens is 3. The van der Waals surface area contributed by atoms with E-state index in [1.165, 1.54) is 0 Å². The number of hydrogen-bond donors (Lipinski definition) is 1. The molecule has 0 saturated carbocycles. The van der Waals surface area contributed by atoms with Crippen LogP contribution in [-0.2, 0) is 12.6 Å². The van der Waals surface area contributed by atoms with Gasteiger partial charge in [0.15, 0.2) is 5.82 Å². The second-order valence-corrected chi connectivity index (χ2v) is 4.66. The van der Waals surface area contributed by atoms with Gasteiger partial charge in [-0.05, 0) is 30.2 Å². The van der Waals surface area contributed by atoms with Crippen LogP contribution in [0, 0.1) is 0 Å². The van der Waals surface area contributed by atoms with Gasteiger partial charge in [-0.3, -0.25) is 4.98 Å². The molecule has 0 aliphatic rings. The number of hydrogen-bond acceptors (Lipinski definition) is 4. The van der Waals surface area contributed by atoms with E-state index in [2.05, 4.69) is 9.97 Å². The fraction of sp³-hybridized carbons (Fsp3) is 0.286. The summed E-state index contributed by atoms with van der Waals surface area (Å²) in [5.41, 5.74) is 5.93. The van der Waals surface area contributed by atoms with Crippen LogP contribution in [0.5, 0.6) is 0 Å². The third-order valence-corrected chi connectivity index (χ3v) is 3.07. The molecule has 2 aromatic heterocycles. The van der Waals surface area contributed by atoms with Crippen molar-refractivity contribution in [2.45, 2.75) is 12.6 Å². The Kier molecular flexibility index (Phi) is 4.30. The highest BCUT2D eigenvalue weighted by atomic mass is 19.4. The number of aromatic nitrogens is 2. The summed E-state index contributed by atoms with van der Waals surface area (Å²) < 4.78 is 37.7. The summed E-state index contributed by atoms with van der Waals surface area (Å²) in [5, 5.41) is 0. The summed E-state index contributed by atoms with van der Waals surface area (Å²) >= 11 is 0. The Morgan fingerprint density at radius 2 is 1.90 bits per heavy atom. The third kappa shape index (κ3) is 3.84. The Balaban J connectivity index is 2.07. The summed E-state index contributed by atoms with van der Waals surface area (Å²) in [4.78, 5) is 9.48. The summed E-state index contributed by atoms with van der Waals surface area (Å²) in [6.07, 6.45) is 0.477. The Morgan fingerprint density at radius 3 is 2.48 bits per heavy atom. The molecule has 0 atom stereocenters. The maximum absolute atomic E-state index is 12.6.